The van der Waals surface area contributed by atoms with Gasteiger partial charge in [-0.3, -0.25) is 14.9 Å². The second-order valence-corrected chi connectivity index (χ2v) is 15.9. The molecule has 1 spiro atoms. The molecule has 4 aromatic carbocycles. The molecular weight excluding hydrogens is 729 g/mol. The molecule has 0 N–H and O–H groups in total. The maximum atomic E-state index is 12.9. The summed E-state index contributed by atoms with van der Waals surface area (Å²) >= 11 is 0. The molecule has 10 heteroatoms. The molecule has 58 heavy (non-hydrogen) atoms. The number of azo groups is 1. The summed E-state index contributed by atoms with van der Waals surface area (Å²) in [5.74, 6) is 1.04. The quantitative estimate of drug-likeness (QED) is 0.0256. The Bertz CT molecular complexity index is 2030. The molecule has 1 unspecified atom stereocenters. The normalized spacial score (nSPS) is 16.3. The molecule has 10 nitrogen and oxygen atoms in total. The van der Waals surface area contributed by atoms with Crippen LogP contribution in [0.5, 0.6) is 11.5 Å². The van der Waals surface area contributed by atoms with E-state index < -0.39 is 16.1 Å². The van der Waals surface area contributed by atoms with E-state index >= 15 is 0 Å². The number of benzene rings is 4. The molecule has 2 heterocycles. The number of hydrogen-bond acceptors (Lipinski definition) is 9. The third kappa shape index (κ3) is 10.5. The van der Waals surface area contributed by atoms with Crippen LogP contribution in [0.1, 0.15) is 115 Å². The number of non-ortho nitro benzene ring substituents is 1. The molecule has 0 aromatic heterocycles. The number of carbonyl (C=O) groups is 1. The highest BCUT2D eigenvalue weighted by Crippen LogP contribution is 2.55. The van der Waals surface area contributed by atoms with Crippen molar-refractivity contribution in [2.24, 2.45) is 10.2 Å². The van der Waals surface area contributed by atoms with Crippen LogP contribution >= 0.6 is 0 Å². The van der Waals surface area contributed by atoms with E-state index in [2.05, 4.69) is 42.0 Å². The molecule has 0 aliphatic carbocycles. The topological polar surface area (TPSA) is 116 Å². The van der Waals surface area contributed by atoms with Gasteiger partial charge < -0.3 is 19.1 Å². The molecule has 2 aliphatic rings. The summed E-state index contributed by atoms with van der Waals surface area (Å²) in [6.45, 7) is 7.76. The minimum absolute atomic E-state index is 0.0308. The average Bonchev–Trinajstić information content (AvgIpc) is 3.40. The first-order valence-corrected chi connectivity index (χ1v) is 21.1. The van der Waals surface area contributed by atoms with Crippen LogP contribution < -0.4 is 14.4 Å². The highest BCUT2D eigenvalue weighted by Gasteiger charge is 2.58. The van der Waals surface area contributed by atoms with Gasteiger partial charge in [0.1, 0.15) is 18.1 Å². The van der Waals surface area contributed by atoms with Crippen molar-refractivity contribution in [3.8, 4) is 11.5 Å². The number of para-hydroxylation sites is 1. The van der Waals surface area contributed by atoms with E-state index in [1.54, 1.807) is 6.07 Å². The number of nitro groups is 1. The number of anilines is 1. The van der Waals surface area contributed by atoms with E-state index in [0.717, 1.165) is 59.0 Å². The fourth-order valence-electron chi connectivity index (χ4n) is 7.97. The van der Waals surface area contributed by atoms with Crippen LogP contribution in [-0.4, -0.2) is 36.4 Å². The zero-order valence-corrected chi connectivity index (χ0v) is 34.4. The van der Waals surface area contributed by atoms with E-state index in [4.69, 9.17) is 14.2 Å². The zero-order valence-electron chi connectivity index (χ0n) is 34.4. The average molecular weight is 787 g/mol. The van der Waals surface area contributed by atoms with E-state index in [0.29, 0.717) is 25.1 Å². The molecule has 0 bridgehead atoms. The molecular formula is C48H58N4O6. The van der Waals surface area contributed by atoms with Gasteiger partial charge in [-0.05, 0) is 105 Å². The van der Waals surface area contributed by atoms with Gasteiger partial charge in [-0.1, -0.05) is 95.0 Å². The highest BCUT2D eigenvalue weighted by atomic mass is 16.6. The highest BCUT2D eigenvalue weighted by molar-refractivity contribution is 5.73. The second kappa shape index (κ2) is 20.3. The van der Waals surface area contributed by atoms with E-state index in [1.165, 1.54) is 69.9 Å². The number of carbonyl (C=O) groups excluding carboxylic acids is 1. The number of aryl methyl sites for hydroxylation is 1. The lowest BCUT2D eigenvalue weighted by atomic mass is 9.76. The summed E-state index contributed by atoms with van der Waals surface area (Å²) in [4.78, 5) is 26.1. The minimum Gasteiger partial charge on any atom is -0.494 e. The van der Waals surface area contributed by atoms with Crippen molar-refractivity contribution in [1.29, 1.82) is 0 Å². The third-order valence-corrected chi connectivity index (χ3v) is 11.4. The lowest BCUT2D eigenvalue weighted by molar-refractivity contribution is -0.385. The standard InChI is InChI=1S/C48H58N4O6/c1-4-5-6-7-8-9-10-11-12-15-34-56-42-29-26-40(27-30-42)50-49-39-24-21-37(22-25-39)17-16-20-46(53)57-35-33-51-44-19-14-13-18-43(44)47(2,3)48(51)32-31-38-23-28-41(52(54)55)36-45(38)58-48/h13-14,18-19,21-32,36H,4-12,15-17,20,33-35H2,1-3H3. The predicted molar refractivity (Wildman–Crippen MR) is 231 cm³/mol. The number of fused-ring (bicyclic) bond motifs is 2. The fourth-order valence-corrected chi connectivity index (χ4v) is 7.97. The Hall–Kier alpha value is -5.51. The maximum Gasteiger partial charge on any atom is 0.305 e. The van der Waals surface area contributed by atoms with Gasteiger partial charge in [0, 0.05) is 23.7 Å². The van der Waals surface area contributed by atoms with Crippen molar-refractivity contribution in [1.82, 2.24) is 0 Å². The zero-order chi connectivity index (χ0) is 40.8. The van der Waals surface area contributed by atoms with Crippen molar-refractivity contribution in [3.05, 3.63) is 124 Å². The summed E-state index contributed by atoms with van der Waals surface area (Å²) in [7, 11) is 0. The summed E-state index contributed by atoms with van der Waals surface area (Å²) in [5, 5.41) is 20.3. The smallest absolute Gasteiger partial charge is 0.305 e. The summed E-state index contributed by atoms with van der Waals surface area (Å²) in [6, 6.07) is 28.4. The number of esters is 1. The van der Waals surface area contributed by atoms with E-state index in [9.17, 15) is 14.9 Å². The lowest BCUT2D eigenvalue weighted by Gasteiger charge is -2.47. The predicted octanol–water partition coefficient (Wildman–Crippen LogP) is 12.8. The number of ether oxygens (including phenoxy) is 3. The van der Waals surface area contributed by atoms with Crippen LogP contribution in [0.4, 0.5) is 22.7 Å². The summed E-state index contributed by atoms with van der Waals surface area (Å²) < 4.78 is 18.4. The molecule has 4 aromatic rings. The van der Waals surface area contributed by atoms with Gasteiger partial charge in [0.05, 0.1) is 40.9 Å². The van der Waals surface area contributed by atoms with Crippen molar-refractivity contribution < 1.29 is 23.9 Å². The lowest BCUT2D eigenvalue weighted by Crippen LogP contribution is -2.60. The van der Waals surface area contributed by atoms with Gasteiger partial charge in [-0.15, -0.1) is 0 Å². The Balaban J connectivity index is 0.908. The van der Waals surface area contributed by atoms with Crippen LogP contribution in [0.15, 0.2) is 107 Å². The first kappa shape index (κ1) is 42.1. The Labute approximate surface area is 343 Å². The molecule has 0 amide bonds. The van der Waals surface area contributed by atoms with Gasteiger partial charge in [0.2, 0.25) is 5.72 Å². The van der Waals surface area contributed by atoms with Gasteiger partial charge in [-0.2, -0.15) is 10.2 Å². The minimum atomic E-state index is -0.970. The van der Waals surface area contributed by atoms with E-state index in [1.807, 2.05) is 78.9 Å². The molecule has 0 fully saturated rings. The van der Waals surface area contributed by atoms with Crippen LogP contribution in [0.3, 0.4) is 0 Å². The molecule has 6 rings (SSSR count). The molecule has 0 saturated carbocycles. The molecule has 1 atom stereocenters. The van der Waals surface area contributed by atoms with Crippen LogP contribution in [0.25, 0.3) is 6.08 Å². The first-order chi connectivity index (χ1) is 28.2. The first-order valence-electron chi connectivity index (χ1n) is 21.1. The van der Waals surface area contributed by atoms with Crippen molar-refractivity contribution >= 4 is 34.8 Å². The Morgan fingerprint density at radius 1 is 0.793 bits per heavy atom. The van der Waals surface area contributed by atoms with Gasteiger partial charge in [0.25, 0.3) is 5.69 Å². The second-order valence-electron chi connectivity index (χ2n) is 15.9. The van der Waals surface area contributed by atoms with Crippen molar-refractivity contribution in [2.75, 3.05) is 24.7 Å². The number of unbranched alkanes of at least 4 members (excludes halogenated alkanes) is 9. The molecule has 0 radical (unpaired) electrons. The van der Waals surface area contributed by atoms with Gasteiger partial charge in [0.15, 0.2) is 0 Å². The SMILES string of the molecule is CCCCCCCCCCCCOc1ccc(N=Nc2ccc(CCCC(=O)OCCN3c4ccccc4C(C)(C)C34C=Cc3ccc([N+](=O)[O-])cc3O4)cc2)cc1. The van der Waals surface area contributed by atoms with Crippen molar-refractivity contribution in [2.45, 2.75) is 115 Å². The monoisotopic (exact) mass is 786 g/mol. The third-order valence-electron chi connectivity index (χ3n) is 11.4. The number of hydrogen-bond donors (Lipinski definition) is 0. The molecule has 0 saturated heterocycles. The Morgan fingerprint density at radius 3 is 2.14 bits per heavy atom. The molecule has 306 valence electrons. The van der Waals surface area contributed by atoms with Crippen LogP contribution in [0.2, 0.25) is 0 Å². The summed E-state index contributed by atoms with van der Waals surface area (Å²) in [5.41, 5.74) is 3.94. The van der Waals surface area contributed by atoms with Crippen molar-refractivity contribution in [3.63, 3.8) is 0 Å². The fraction of sp³-hybridized carbons (Fsp3) is 0.438. The largest absolute Gasteiger partial charge is 0.494 e. The van der Waals surface area contributed by atoms with Gasteiger partial charge in [-0.25, -0.2) is 0 Å². The number of rotatable bonds is 22. The maximum absolute atomic E-state index is 12.9. The van der Waals surface area contributed by atoms with E-state index in [-0.39, 0.29) is 18.3 Å². The molecule has 2 aliphatic heterocycles. The van der Waals surface area contributed by atoms with Gasteiger partial charge >= 0.3 is 5.97 Å². The van der Waals surface area contributed by atoms with Crippen LogP contribution in [0, 0.1) is 10.1 Å². The number of nitro benzene ring substituents is 1. The Kier molecular flexibility index (Phi) is 14.7. The van der Waals surface area contributed by atoms with Crippen LogP contribution in [-0.2, 0) is 21.4 Å². The Morgan fingerprint density at radius 2 is 1.45 bits per heavy atom. The summed E-state index contributed by atoms with van der Waals surface area (Å²) in [6.07, 6.45) is 18.7. The number of nitrogens with zero attached hydrogens (tertiary/aromatic N) is 4.